The first-order valence-electron chi connectivity index (χ1n) is 7.86. The van der Waals surface area contributed by atoms with Crippen molar-refractivity contribution in [2.45, 2.75) is 13.8 Å². The van der Waals surface area contributed by atoms with E-state index in [4.69, 9.17) is 8.83 Å². The zero-order valence-corrected chi connectivity index (χ0v) is 13.8. The van der Waals surface area contributed by atoms with Crippen LogP contribution in [0.2, 0.25) is 0 Å². The van der Waals surface area contributed by atoms with Crippen LogP contribution in [0.3, 0.4) is 0 Å². The Bertz CT molecular complexity index is 1170. The minimum atomic E-state index is -0.362. The molecule has 124 valence electrons. The Balaban J connectivity index is 1.85. The molecule has 5 heteroatoms. The van der Waals surface area contributed by atoms with Crippen molar-refractivity contribution in [1.82, 2.24) is 0 Å². The molecule has 2 aromatic heterocycles. The number of rotatable bonds is 2. The van der Waals surface area contributed by atoms with Gasteiger partial charge < -0.3 is 14.2 Å². The van der Waals surface area contributed by atoms with Crippen LogP contribution in [0.15, 0.2) is 62.4 Å². The zero-order valence-electron chi connectivity index (χ0n) is 13.8. The van der Waals surface area contributed by atoms with E-state index in [1.807, 2.05) is 19.9 Å². The molecule has 0 atom stereocenters. The summed E-state index contributed by atoms with van der Waals surface area (Å²) in [4.78, 5) is 24.8. The van der Waals surface area contributed by atoms with Gasteiger partial charge in [0.1, 0.15) is 11.2 Å². The standard InChI is InChI=1S/C20H15NO4/c1-11-5-7-15-18(22)14-8-6-13(10-17(14)25-19(15)12(11)2)21-20(23)16-4-3-9-24-16/h3-10H,1-2H3,(H,21,23). The molecule has 2 aromatic carbocycles. The number of carbonyl (C=O) groups is 1. The SMILES string of the molecule is Cc1ccc2c(=O)c3ccc(NC(=O)c4ccco4)cc3oc2c1C. The van der Waals surface area contributed by atoms with E-state index in [9.17, 15) is 9.59 Å². The van der Waals surface area contributed by atoms with Crippen molar-refractivity contribution in [1.29, 1.82) is 0 Å². The average molecular weight is 333 g/mol. The number of carbonyl (C=O) groups excluding carboxylic acids is 1. The van der Waals surface area contributed by atoms with Gasteiger partial charge in [-0.05, 0) is 55.3 Å². The van der Waals surface area contributed by atoms with Crippen LogP contribution in [0.1, 0.15) is 21.7 Å². The summed E-state index contributed by atoms with van der Waals surface area (Å²) in [6, 6.07) is 11.9. The summed E-state index contributed by atoms with van der Waals surface area (Å²) in [5.74, 6) is -0.147. The molecule has 0 saturated heterocycles. The van der Waals surface area contributed by atoms with E-state index in [0.29, 0.717) is 27.6 Å². The van der Waals surface area contributed by atoms with Gasteiger partial charge in [0.05, 0.1) is 17.0 Å². The normalized spacial score (nSPS) is 11.1. The van der Waals surface area contributed by atoms with Crippen LogP contribution in [0.25, 0.3) is 21.9 Å². The van der Waals surface area contributed by atoms with Crippen LogP contribution in [0.4, 0.5) is 5.69 Å². The monoisotopic (exact) mass is 333 g/mol. The lowest BCUT2D eigenvalue weighted by atomic mass is 10.0. The van der Waals surface area contributed by atoms with E-state index >= 15 is 0 Å². The van der Waals surface area contributed by atoms with Crippen molar-refractivity contribution in [3.8, 4) is 0 Å². The molecule has 0 unspecified atom stereocenters. The maximum atomic E-state index is 12.7. The van der Waals surface area contributed by atoms with Crippen molar-refractivity contribution in [2.24, 2.45) is 0 Å². The van der Waals surface area contributed by atoms with Crippen molar-refractivity contribution < 1.29 is 13.6 Å². The molecule has 0 aliphatic heterocycles. The molecule has 0 spiro atoms. The van der Waals surface area contributed by atoms with Gasteiger partial charge in [-0.15, -0.1) is 0 Å². The van der Waals surface area contributed by atoms with Crippen molar-refractivity contribution in [2.75, 3.05) is 5.32 Å². The number of aryl methyl sites for hydroxylation is 2. The summed E-state index contributed by atoms with van der Waals surface area (Å²) in [5, 5.41) is 3.77. The van der Waals surface area contributed by atoms with Gasteiger partial charge in [-0.3, -0.25) is 9.59 Å². The molecule has 0 bridgehead atoms. The van der Waals surface area contributed by atoms with E-state index < -0.39 is 0 Å². The molecule has 1 amide bonds. The summed E-state index contributed by atoms with van der Waals surface area (Å²) < 4.78 is 11.1. The Hall–Kier alpha value is -3.34. The maximum absolute atomic E-state index is 12.7. The predicted molar refractivity (Wildman–Crippen MR) is 96.1 cm³/mol. The second-order valence-electron chi connectivity index (χ2n) is 5.96. The largest absolute Gasteiger partial charge is 0.459 e. The zero-order chi connectivity index (χ0) is 17.6. The fraction of sp³-hybridized carbons (Fsp3) is 0.100. The molecule has 5 nitrogen and oxygen atoms in total. The Morgan fingerprint density at radius 2 is 1.84 bits per heavy atom. The Morgan fingerprint density at radius 1 is 1.04 bits per heavy atom. The highest BCUT2D eigenvalue weighted by molar-refractivity contribution is 6.03. The lowest BCUT2D eigenvalue weighted by Crippen LogP contribution is -2.11. The van der Waals surface area contributed by atoms with Crippen LogP contribution in [-0.2, 0) is 0 Å². The number of hydrogen-bond acceptors (Lipinski definition) is 4. The number of amides is 1. The summed E-state index contributed by atoms with van der Waals surface area (Å²) in [7, 11) is 0. The Kier molecular flexibility index (Phi) is 3.42. The van der Waals surface area contributed by atoms with Crippen LogP contribution < -0.4 is 10.7 Å². The first-order chi connectivity index (χ1) is 12.0. The minimum Gasteiger partial charge on any atom is -0.459 e. The quantitative estimate of drug-likeness (QED) is 0.552. The third kappa shape index (κ3) is 2.50. The molecule has 0 fully saturated rings. The van der Waals surface area contributed by atoms with E-state index in [1.54, 1.807) is 36.4 Å². The van der Waals surface area contributed by atoms with Crippen molar-refractivity contribution in [3.05, 3.63) is 75.8 Å². The van der Waals surface area contributed by atoms with Crippen molar-refractivity contribution >= 4 is 33.5 Å². The van der Waals surface area contributed by atoms with E-state index in [0.717, 1.165) is 11.1 Å². The van der Waals surface area contributed by atoms with Crippen LogP contribution in [0, 0.1) is 13.8 Å². The number of fused-ring (bicyclic) bond motifs is 2. The molecule has 0 aliphatic carbocycles. The number of furan rings is 1. The molecule has 0 saturated carbocycles. The fourth-order valence-electron chi connectivity index (χ4n) is 2.83. The van der Waals surface area contributed by atoms with Gasteiger partial charge in [0.15, 0.2) is 5.76 Å². The molecule has 25 heavy (non-hydrogen) atoms. The van der Waals surface area contributed by atoms with Crippen LogP contribution in [-0.4, -0.2) is 5.91 Å². The molecular weight excluding hydrogens is 318 g/mol. The minimum absolute atomic E-state index is 0.0803. The van der Waals surface area contributed by atoms with Gasteiger partial charge in [0.2, 0.25) is 5.43 Å². The summed E-state index contributed by atoms with van der Waals surface area (Å²) >= 11 is 0. The number of nitrogens with one attached hydrogen (secondary N) is 1. The molecule has 4 aromatic rings. The average Bonchev–Trinajstić information content (AvgIpc) is 3.13. The second-order valence-corrected chi connectivity index (χ2v) is 5.96. The van der Waals surface area contributed by atoms with E-state index in [2.05, 4.69) is 5.32 Å². The van der Waals surface area contributed by atoms with Gasteiger partial charge in [-0.25, -0.2) is 0 Å². The second kappa shape index (κ2) is 5.63. The molecule has 1 N–H and O–H groups in total. The highest BCUT2D eigenvalue weighted by Crippen LogP contribution is 2.25. The predicted octanol–water partition coefficient (Wildman–Crippen LogP) is 4.41. The van der Waals surface area contributed by atoms with Crippen molar-refractivity contribution in [3.63, 3.8) is 0 Å². The molecule has 0 radical (unpaired) electrons. The third-order valence-electron chi connectivity index (χ3n) is 4.36. The molecule has 4 rings (SSSR count). The first-order valence-corrected chi connectivity index (χ1v) is 7.86. The Morgan fingerprint density at radius 3 is 2.60 bits per heavy atom. The number of anilines is 1. The smallest absolute Gasteiger partial charge is 0.291 e. The molecule has 0 aliphatic rings. The fourth-order valence-corrected chi connectivity index (χ4v) is 2.83. The summed E-state index contributed by atoms with van der Waals surface area (Å²) in [6.45, 7) is 3.90. The maximum Gasteiger partial charge on any atom is 0.291 e. The summed E-state index contributed by atoms with van der Waals surface area (Å²) in [6.07, 6.45) is 1.44. The highest BCUT2D eigenvalue weighted by atomic mass is 16.3. The van der Waals surface area contributed by atoms with E-state index in [-0.39, 0.29) is 17.1 Å². The third-order valence-corrected chi connectivity index (χ3v) is 4.36. The van der Waals surface area contributed by atoms with E-state index in [1.165, 1.54) is 6.26 Å². The molecule has 2 heterocycles. The lowest BCUT2D eigenvalue weighted by Gasteiger charge is -2.08. The van der Waals surface area contributed by atoms with Gasteiger partial charge in [-0.2, -0.15) is 0 Å². The first kappa shape index (κ1) is 15.2. The van der Waals surface area contributed by atoms with Gasteiger partial charge >= 0.3 is 0 Å². The number of hydrogen-bond donors (Lipinski definition) is 1. The Labute approximate surface area is 142 Å². The molecular formula is C20H15NO4. The lowest BCUT2D eigenvalue weighted by molar-refractivity contribution is 0.0996. The topological polar surface area (TPSA) is 72.5 Å². The van der Waals surface area contributed by atoms with Crippen LogP contribution >= 0.6 is 0 Å². The van der Waals surface area contributed by atoms with Crippen LogP contribution in [0.5, 0.6) is 0 Å². The van der Waals surface area contributed by atoms with Gasteiger partial charge in [0, 0.05) is 11.8 Å². The number of benzene rings is 2. The summed E-state index contributed by atoms with van der Waals surface area (Å²) in [5.41, 5.74) is 3.44. The van der Waals surface area contributed by atoms with Gasteiger partial charge in [0.25, 0.3) is 5.91 Å². The highest BCUT2D eigenvalue weighted by Gasteiger charge is 2.13. The van der Waals surface area contributed by atoms with Gasteiger partial charge in [-0.1, -0.05) is 6.07 Å².